The second-order valence-electron chi connectivity index (χ2n) is 7.17. The summed E-state index contributed by atoms with van der Waals surface area (Å²) in [6, 6.07) is 10.1. The normalized spacial score (nSPS) is 15.1. The topological polar surface area (TPSA) is 33.4 Å². The van der Waals surface area contributed by atoms with Crippen LogP contribution < -0.4 is 0 Å². The molecule has 1 amide bonds. The second-order valence-corrected chi connectivity index (χ2v) is 8.48. The van der Waals surface area contributed by atoms with E-state index in [-0.39, 0.29) is 5.91 Å². The SMILES string of the molecule is Cc1cccc(-n2ccn(CN3CCN(C(=O)c4cccs4)CC3)c2=S)c1C. The molecule has 0 bridgehead atoms. The summed E-state index contributed by atoms with van der Waals surface area (Å²) >= 11 is 7.24. The molecule has 1 aromatic carbocycles. The van der Waals surface area contributed by atoms with E-state index in [9.17, 15) is 4.79 Å². The number of piperazine rings is 1. The average molecular weight is 413 g/mol. The van der Waals surface area contributed by atoms with Crippen LogP contribution in [-0.2, 0) is 6.67 Å². The molecule has 0 unspecified atom stereocenters. The van der Waals surface area contributed by atoms with Gasteiger partial charge in [-0.05, 0) is 54.7 Å². The Morgan fingerprint density at radius 2 is 1.86 bits per heavy atom. The zero-order valence-electron chi connectivity index (χ0n) is 16.2. The molecule has 1 saturated heterocycles. The predicted octanol–water partition coefficient (Wildman–Crippen LogP) is 4.10. The Kier molecular flexibility index (Phi) is 5.48. The lowest BCUT2D eigenvalue weighted by Gasteiger charge is -2.34. The predicted molar refractivity (Wildman–Crippen MR) is 116 cm³/mol. The molecule has 0 atom stereocenters. The summed E-state index contributed by atoms with van der Waals surface area (Å²) in [5.41, 5.74) is 3.64. The lowest BCUT2D eigenvalue weighted by atomic mass is 10.1. The number of amides is 1. The van der Waals surface area contributed by atoms with Crippen LogP contribution in [0.25, 0.3) is 5.69 Å². The van der Waals surface area contributed by atoms with Crippen LogP contribution in [0.5, 0.6) is 0 Å². The number of benzene rings is 1. The van der Waals surface area contributed by atoms with Crippen molar-refractivity contribution in [3.05, 3.63) is 68.9 Å². The van der Waals surface area contributed by atoms with Crippen molar-refractivity contribution in [3.8, 4) is 5.69 Å². The molecule has 3 aromatic rings. The fourth-order valence-corrected chi connectivity index (χ4v) is 4.53. The average Bonchev–Trinajstić information content (AvgIpc) is 3.35. The van der Waals surface area contributed by atoms with Crippen molar-refractivity contribution in [2.75, 3.05) is 26.2 Å². The first kappa shape index (κ1) is 19.1. The molecule has 1 aliphatic heterocycles. The molecule has 146 valence electrons. The summed E-state index contributed by atoms with van der Waals surface area (Å²) in [5, 5.41) is 1.95. The van der Waals surface area contributed by atoms with Gasteiger partial charge in [0, 0.05) is 38.6 Å². The molecular weight excluding hydrogens is 388 g/mol. The standard InChI is InChI=1S/C21H24N4OS2/c1-16-5-3-6-18(17(16)2)25-13-12-24(21(25)27)15-22-8-10-23(11-9-22)20(26)19-7-4-14-28-19/h3-7,12-14H,8-11,15H2,1-2H3. The first-order valence-corrected chi connectivity index (χ1v) is 10.7. The van der Waals surface area contributed by atoms with Gasteiger partial charge < -0.3 is 9.47 Å². The van der Waals surface area contributed by atoms with E-state index in [1.807, 2.05) is 34.8 Å². The van der Waals surface area contributed by atoms with Crippen LogP contribution in [0, 0.1) is 18.6 Å². The van der Waals surface area contributed by atoms with Crippen LogP contribution in [0.2, 0.25) is 0 Å². The number of rotatable bonds is 4. The number of carbonyl (C=O) groups is 1. The van der Waals surface area contributed by atoms with Gasteiger partial charge in [-0.2, -0.15) is 0 Å². The lowest BCUT2D eigenvalue weighted by Crippen LogP contribution is -2.48. The third-order valence-corrected chi connectivity index (χ3v) is 6.72. The van der Waals surface area contributed by atoms with Gasteiger partial charge in [0.25, 0.3) is 5.91 Å². The Balaban J connectivity index is 1.42. The number of aryl methyl sites for hydroxylation is 1. The van der Waals surface area contributed by atoms with Crippen molar-refractivity contribution in [3.63, 3.8) is 0 Å². The van der Waals surface area contributed by atoms with E-state index in [1.54, 1.807) is 0 Å². The summed E-state index contributed by atoms with van der Waals surface area (Å²) in [4.78, 5) is 17.6. The zero-order valence-corrected chi connectivity index (χ0v) is 17.8. The monoisotopic (exact) mass is 412 g/mol. The van der Waals surface area contributed by atoms with Crippen LogP contribution in [0.4, 0.5) is 0 Å². The van der Waals surface area contributed by atoms with Crippen molar-refractivity contribution in [1.29, 1.82) is 0 Å². The molecule has 7 heteroatoms. The minimum absolute atomic E-state index is 0.146. The van der Waals surface area contributed by atoms with Gasteiger partial charge >= 0.3 is 0 Å². The van der Waals surface area contributed by atoms with E-state index in [4.69, 9.17) is 12.2 Å². The van der Waals surface area contributed by atoms with Crippen molar-refractivity contribution in [1.82, 2.24) is 18.9 Å². The third kappa shape index (κ3) is 3.70. The summed E-state index contributed by atoms with van der Waals surface area (Å²) in [5.74, 6) is 0.146. The zero-order chi connectivity index (χ0) is 19.7. The smallest absolute Gasteiger partial charge is 0.264 e. The fraction of sp³-hybridized carbons (Fsp3) is 0.333. The van der Waals surface area contributed by atoms with Gasteiger partial charge in [-0.25, -0.2) is 0 Å². The molecule has 0 spiro atoms. The maximum atomic E-state index is 12.5. The number of nitrogens with zero attached hydrogens (tertiary/aromatic N) is 4. The number of aromatic nitrogens is 2. The Bertz CT molecular complexity index is 1030. The van der Waals surface area contributed by atoms with Gasteiger partial charge in [-0.3, -0.25) is 14.3 Å². The first-order valence-electron chi connectivity index (χ1n) is 9.44. The van der Waals surface area contributed by atoms with E-state index in [0.717, 1.165) is 48.2 Å². The van der Waals surface area contributed by atoms with E-state index in [1.165, 1.54) is 22.5 Å². The van der Waals surface area contributed by atoms with E-state index in [2.05, 4.69) is 46.1 Å². The van der Waals surface area contributed by atoms with Crippen molar-refractivity contribution in [2.24, 2.45) is 0 Å². The van der Waals surface area contributed by atoms with E-state index in [0.29, 0.717) is 0 Å². The number of imidazole rings is 1. The second kappa shape index (κ2) is 8.03. The Hall–Kier alpha value is -2.22. The van der Waals surface area contributed by atoms with Gasteiger partial charge in [-0.15, -0.1) is 11.3 Å². The molecule has 5 nitrogen and oxygen atoms in total. The summed E-state index contributed by atoms with van der Waals surface area (Å²) in [6.45, 7) is 8.21. The molecule has 0 aliphatic carbocycles. The van der Waals surface area contributed by atoms with Gasteiger partial charge in [0.2, 0.25) is 0 Å². The number of thiophene rings is 1. The highest BCUT2D eigenvalue weighted by Crippen LogP contribution is 2.19. The van der Waals surface area contributed by atoms with E-state index >= 15 is 0 Å². The van der Waals surface area contributed by atoms with Gasteiger partial charge in [0.05, 0.1) is 17.2 Å². The molecule has 2 aromatic heterocycles. The quantitative estimate of drug-likeness (QED) is 0.605. The summed E-state index contributed by atoms with van der Waals surface area (Å²) in [6.07, 6.45) is 4.09. The Morgan fingerprint density at radius 1 is 1.07 bits per heavy atom. The number of hydrogen-bond acceptors (Lipinski definition) is 4. The van der Waals surface area contributed by atoms with Crippen molar-refractivity contribution < 1.29 is 4.79 Å². The minimum Gasteiger partial charge on any atom is -0.335 e. The van der Waals surface area contributed by atoms with Crippen molar-refractivity contribution in [2.45, 2.75) is 20.5 Å². The highest BCUT2D eigenvalue weighted by molar-refractivity contribution is 7.71. The molecule has 28 heavy (non-hydrogen) atoms. The first-order chi connectivity index (χ1) is 13.5. The molecule has 0 N–H and O–H groups in total. The molecule has 4 rings (SSSR count). The van der Waals surface area contributed by atoms with Crippen LogP contribution >= 0.6 is 23.6 Å². The molecular formula is C21H24N4OS2. The van der Waals surface area contributed by atoms with Crippen LogP contribution in [0.1, 0.15) is 20.8 Å². The molecule has 3 heterocycles. The van der Waals surface area contributed by atoms with Crippen LogP contribution in [0.15, 0.2) is 48.1 Å². The number of carbonyl (C=O) groups excluding carboxylic acids is 1. The lowest BCUT2D eigenvalue weighted by molar-refractivity contribution is 0.0598. The summed E-state index contributed by atoms with van der Waals surface area (Å²) in [7, 11) is 0. The molecule has 0 radical (unpaired) electrons. The van der Waals surface area contributed by atoms with Crippen molar-refractivity contribution >= 4 is 29.5 Å². The molecule has 1 fully saturated rings. The summed E-state index contributed by atoms with van der Waals surface area (Å²) < 4.78 is 4.98. The largest absolute Gasteiger partial charge is 0.335 e. The van der Waals surface area contributed by atoms with Gasteiger partial charge in [0.15, 0.2) is 4.77 Å². The molecule has 0 saturated carbocycles. The van der Waals surface area contributed by atoms with Crippen LogP contribution in [-0.4, -0.2) is 51.0 Å². The van der Waals surface area contributed by atoms with Gasteiger partial charge in [-0.1, -0.05) is 18.2 Å². The fourth-order valence-electron chi connectivity index (χ4n) is 3.56. The Labute approximate surface area is 174 Å². The third-order valence-electron chi connectivity index (χ3n) is 5.43. The maximum absolute atomic E-state index is 12.5. The minimum atomic E-state index is 0.146. The van der Waals surface area contributed by atoms with Gasteiger partial charge in [0.1, 0.15) is 0 Å². The Morgan fingerprint density at radius 3 is 2.57 bits per heavy atom. The van der Waals surface area contributed by atoms with Crippen LogP contribution in [0.3, 0.4) is 0 Å². The molecule has 1 aliphatic rings. The highest BCUT2D eigenvalue weighted by atomic mass is 32.1. The highest BCUT2D eigenvalue weighted by Gasteiger charge is 2.23. The number of hydrogen-bond donors (Lipinski definition) is 0. The maximum Gasteiger partial charge on any atom is 0.264 e. The van der Waals surface area contributed by atoms with E-state index < -0.39 is 0 Å².